The molecule has 0 unspecified atom stereocenters. The second-order valence-electron chi connectivity index (χ2n) is 5.19. The largest absolute Gasteiger partial charge is 0.322 e. The molecule has 0 fully saturated rings. The highest BCUT2D eigenvalue weighted by Crippen LogP contribution is 2.18. The smallest absolute Gasteiger partial charge is 0.258 e. The van der Waals surface area contributed by atoms with Crippen molar-refractivity contribution in [3.05, 3.63) is 77.6 Å². The maximum atomic E-state index is 13.6. The predicted molar refractivity (Wildman–Crippen MR) is 90.8 cm³/mol. The lowest BCUT2D eigenvalue weighted by atomic mass is 10.2. The van der Waals surface area contributed by atoms with Crippen LogP contribution in [0.4, 0.5) is 26.1 Å². The number of rotatable bonds is 4. The van der Waals surface area contributed by atoms with E-state index in [2.05, 4.69) is 20.6 Å². The first-order chi connectivity index (χ1) is 12.5. The molecule has 3 aromatic rings. The third-order valence-electron chi connectivity index (χ3n) is 3.34. The Bertz CT molecular complexity index is 999. The fraction of sp³-hybridized carbons (Fsp3) is 0. The van der Waals surface area contributed by atoms with Crippen LogP contribution in [0.2, 0.25) is 0 Å². The van der Waals surface area contributed by atoms with Crippen LogP contribution in [0.1, 0.15) is 15.9 Å². The lowest BCUT2D eigenvalue weighted by molar-refractivity contribution is 0.102. The molecule has 1 heterocycles. The molecule has 0 aliphatic heterocycles. The summed E-state index contributed by atoms with van der Waals surface area (Å²) < 4.78 is 26.5. The Labute approximate surface area is 147 Å². The Morgan fingerprint density at radius 3 is 2.54 bits per heavy atom. The number of benzene rings is 2. The summed E-state index contributed by atoms with van der Waals surface area (Å²) in [5, 5.41) is 14.1. The molecule has 26 heavy (non-hydrogen) atoms. The quantitative estimate of drug-likeness (QED) is 0.749. The fourth-order valence-electron chi connectivity index (χ4n) is 2.09. The molecule has 3 rings (SSSR count). The molecule has 1 amide bonds. The Balaban J connectivity index is 1.70. The SMILES string of the molecule is N#Cc1cccc(NC(=O)c2cnc(Nc3ccc(F)cc3F)nc2)c1. The number of nitrogens with one attached hydrogen (secondary N) is 2. The fourth-order valence-corrected chi connectivity index (χ4v) is 2.09. The summed E-state index contributed by atoms with van der Waals surface area (Å²) in [7, 11) is 0. The number of carbonyl (C=O) groups excluding carboxylic acids is 1. The van der Waals surface area contributed by atoms with E-state index in [1.54, 1.807) is 18.2 Å². The predicted octanol–water partition coefficient (Wildman–Crippen LogP) is 3.62. The maximum Gasteiger partial charge on any atom is 0.258 e. The third kappa shape index (κ3) is 3.96. The van der Waals surface area contributed by atoms with E-state index in [9.17, 15) is 13.6 Å². The van der Waals surface area contributed by atoms with Gasteiger partial charge < -0.3 is 10.6 Å². The van der Waals surface area contributed by atoms with E-state index in [0.29, 0.717) is 11.3 Å². The topological polar surface area (TPSA) is 90.7 Å². The highest BCUT2D eigenvalue weighted by Gasteiger charge is 2.10. The van der Waals surface area contributed by atoms with Crippen molar-refractivity contribution in [2.75, 3.05) is 10.6 Å². The standard InChI is InChI=1S/C18H11F2N5O/c19-13-4-5-16(15(20)7-13)25-18-22-9-12(10-23-18)17(26)24-14-3-1-2-11(6-14)8-21/h1-7,9-10H,(H,24,26)(H,22,23,25). The van der Waals surface area contributed by atoms with Gasteiger partial charge in [0.25, 0.3) is 5.91 Å². The van der Waals surface area contributed by atoms with Crippen LogP contribution < -0.4 is 10.6 Å². The molecule has 2 N–H and O–H groups in total. The third-order valence-corrected chi connectivity index (χ3v) is 3.34. The molecular formula is C18H11F2N5O. The minimum Gasteiger partial charge on any atom is -0.322 e. The van der Waals surface area contributed by atoms with Crippen LogP contribution in [0.3, 0.4) is 0 Å². The molecule has 0 radical (unpaired) electrons. The zero-order chi connectivity index (χ0) is 18.5. The van der Waals surface area contributed by atoms with E-state index in [4.69, 9.17) is 5.26 Å². The van der Waals surface area contributed by atoms with Gasteiger partial charge >= 0.3 is 0 Å². The van der Waals surface area contributed by atoms with Gasteiger partial charge in [0, 0.05) is 24.1 Å². The van der Waals surface area contributed by atoms with Crippen molar-refractivity contribution in [3.63, 3.8) is 0 Å². The van der Waals surface area contributed by atoms with Crippen LogP contribution in [0.15, 0.2) is 54.9 Å². The monoisotopic (exact) mass is 351 g/mol. The normalized spacial score (nSPS) is 10.0. The van der Waals surface area contributed by atoms with Crippen molar-refractivity contribution in [3.8, 4) is 6.07 Å². The first-order valence-electron chi connectivity index (χ1n) is 7.41. The van der Waals surface area contributed by atoms with Crippen molar-refractivity contribution in [2.45, 2.75) is 0 Å². The molecule has 0 atom stereocenters. The zero-order valence-corrected chi connectivity index (χ0v) is 13.2. The number of aromatic nitrogens is 2. The van der Waals surface area contributed by atoms with E-state index in [1.807, 2.05) is 6.07 Å². The first kappa shape index (κ1) is 17.0. The van der Waals surface area contributed by atoms with Crippen LogP contribution in [0, 0.1) is 23.0 Å². The minimum atomic E-state index is -0.784. The van der Waals surface area contributed by atoms with Crippen LogP contribution in [0.5, 0.6) is 0 Å². The van der Waals surface area contributed by atoms with Crippen molar-refractivity contribution in [1.29, 1.82) is 5.26 Å². The van der Waals surface area contributed by atoms with E-state index in [-0.39, 0.29) is 17.2 Å². The van der Waals surface area contributed by atoms with Gasteiger partial charge in [-0.05, 0) is 30.3 Å². The number of amides is 1. The van der Waals surface area contributed by atoms with Gasteiger partial charge in [0.1, 0.15) is 11.6 Å². The van der Waals surface area contributed by atoms with Gasteiger partial charge in [-0.2, -0.15) is 5.26 Å². The van der Waals surface area contributed by atoms with Crippen molar-refractivity contribution < 1.29 is 13.6 Å². The van der Waals surface area contributed by atoms with Crippen molar-refractivity contribution in [1.82, 2.24) is 9.97 Å². The Kier molecular flexibility index (Phi) is 4.80. The van der Waals surface area contributed by atoms with Gasteiger partial charge in [-0.1, -0.05) is 6.07 Å². The molecule has 0 aliphatic rings. The highest BCUT2D eigenvalue weighted by molar-refractivity contribution is 6.04. The van der Waals surface area contributed by atoms with E-state index >= 15 is 0 Å². The molecular weight excluding hydrogens is 340 g/mol. The average molecular weight is 351 g/mol. The van der Waals surface area contributed by atoms with Crippen LogP contribution >= 0.6 is 0 Å². The number of nitriles is 1. The number of anilines is 3. The van der Waals surface area contributed by atoms with Gasteiger partial charge in [-0.3, -0.25) is 4.79 Å². The maximum absolute atomic E-state index is 13.6. The highest BCUT2D eigenvalue weighted by atomic mass is 19.1. The summed E-state index contributed by atoms with van der Waals surface area (Å²) >= 11 is 0. The van der Waals surface area contributed by atoms with Gasteiger partial charge in [0.2, 0.25) is 5.95 Å². The summed E-state index contributed by atoms with van der Waals surface area (Å²) in [6.07, 6.45) is 2.53. The van der Waals surface area contributed by atoms with Gasteiger partial charge in [0.15, 0.2) is 0 Å². The van der Waals surface area contributed by atoms with E-state index in [1.165, 1.54) is 24.5 Å². The number of nitrogens with zero attached hydrogens (tertiary/aromatic N) is 3. The summed E-state index contributed by atoms with van der Waals surface area (Å²) in [6.45, 7) is 0. The average Bonchev–Trinajstić information content (AvgIpc) is 2.64. The molecule has 0 saturated heterocycles. The van der Waals surface area contributed by atoms with Crippen LogP contribution in [0.25, 0.3) is 0 Å². The minimum absolute atomic E-state index is 0.0110. The van der Waals surface area contributed by atoms with Crippen LogP contribution in [-0.2, 0) is 0 Å². The second-order valence-corrected chi connectivity index (χ2v) is 5.19. The van der Waals surface area contributed by atoms with Crippen molar-refractivity contribution >= 4 is 23.2 Å². The number of hydrogen-bond acceptors (Lipinski definition) is 5. The number of halogens is 2. The van der Waals surface area contributed by atoms with Crippen molar-refractivity contribution in [2.24, 2.45) is 0 Å². The Hall–Kier alpha value is -3.86. The number of hydrogen-bond donors (Lipinski definition) is 2. The van der Waals surface area contributed by atoms with Gasteiger partial charge in [-0.15, -0.1) is 0 Å². The molecule has 0 saturated carbocycles. The first-order valence-corrected chi connectivity index (χ1v) is 7.41. The summed E-state index contributed by atoms with van der Waals surface area (Å²) in [5.41, 5.74) is 1.07. The molecule has 0 bridgehead atoms. The summed E-state index contributed by atoms with van der Waals surface area (Å²) in [5.74, 6) is -1.88. The van der Waals surface area contributed by atoms with E-state index < -0.39 is 17.5 Å². The Morgan fingerprint density at radius 1 is 1.08 bits per heavy atom. The van der Waals surface area contributed by atoms with E-state index in [0.717, 1.165) is 12.1 Å². The van der Waals surface area contributed by atoms with Gasteiger partial charge in [-0.25, -0.2) is 18.7 Å². The lowest BCUT2D eigenvalue weighted by Gasteiger charge is -2.07. The molecule has 2 aromatic carbocycles. The summed E-state index contributed by atoms with van der Waals surface area (Å²) in [6, 6.07) is 11.5. The van der Waals surface area contributed by atoms with Crippen LogP contribution in [-0.4, -0.2) is 15.9 Å². The molecule has 6 nitrogen and oxygen atoms in total. The summed E-state index contributed by atoms with van der Waals surface area (Å²) in [4.78, 5) is 20.1. The molecule has 0 spiro atoms. The van der Waals surface area contributed by atoms with Gasteiger partial charge in [0.05, 0.1) is 22.9 Å². The molecule has 0 aliphatic carbocycles. The lowest BCUT2D eigenvalue weighted by Crippen LogP contribution is -2.13. The second kappa shape index (κ2) is 7.36. The molecule has 1 aromatic heterocycles. The molecule has 8 heteroatoms. The molecule has 128 valence electrons. The Morgan fingerprint density at radius 2 is 1.85 bits per heavy atom. The number of carbonyl (C=O) groups is 1. The zero-order valence-electron chi connectivity index (χ0n) is 13.2.